The Morgan fingerprint density at radius 1 is 1.28 bits per heavy atom. The molecule has 2 saturated carbocycles. The summed E-state index contributed by atoms with van der Waals surface area (Å²) >= 11 is 1.29. The number of carboxylic acids is 1. The summed E-state index contributed by atoms with van der Waals surface area (Å²) in [5.41, 5.74) is 0.513. The van der Waals surface area contributed by atoms with Gasteiger partial charge in [-0.05, 0) is 69.0 Å². The van der Waals surface area contributed by atoms with Crippen LogP contribution >= 0.6 is 11.3 Å². The van der Waals surface area contributed by atoms with Gasteiger partial charge in [-0.2, -0.15) is 0 Å². The van der Waals surface area contributed by atoms with Gasteiger partial charge in [-0.1, -0.05) is 0 Å². The Kier molecular flexibility index (Phi) is 6.92. The zero-order valence-corrected chi connectivity index (χ0v) is 19.2. The summed E-state index contributed by atoms with van der Waals surface area (Å²) in [6, 6.07) is 0.0169. The molecule has 0 unspecified atom stereocenters. The fourth-order valence-electron chi connectivity index (χ4n) is 4.69. The molecule has 2 aromatic rings. The van der Waals surface area contributed by atoms with Gasteiger partial charge in [0.1, 0.15) is 4.83 Å². The number of amides is 1. The summed E-state index contributed by atoms with van der Waals surface area (Å²) in [5.74, 6) is 0.998. The molecule has 5 rings (SSSR count). The van der Waals surface area contributed by atoms with E-state index in [1.165, 1.54) is 30.5 Å². The Morgan fingerprint density at radius 2 is 1.97 bits per heavy atom. The third-order valence-corrected chi connectivity index (χ3v) is 7.72. The van der Waals surface area contributed by atoms with Crippen molar-refractivity contribution in [2.45, 2.75) is 51.7 Å². The molecule has 2 aliphatic carbocycles. The van der Waals surface area contributed by atoms with Crippen molar-refractivity contribution in [3.63, 3.8) is 0 Å². The van der Waals surface area contributed by atoms with Crippen LogP contribution in [0.1, 0.15) is 47.8 Å². The second kappa shape index (κ2) is 9.68. The molecule has 0 radical (unpaired) electrons. The molecule has 32 heavy (non-hydrogen) atoms. The first kappa shape index (κ1) is 22.9. The van der Waals surface area contributed by atoms with Gasteiger partial charge in [0.15, 0.2) is 0 Å². The number of carbonyl (C=O) groups is 2. The minimum atomic E-state index is -0.833. The van der Waals surface area contributed by atoms with E-state index in [9.17, 15) is 9.59 Å². The molecular weight excluding hydrogens is 432 g/mol. The van der Waals surface area contributed by atoms with Crippen LogP contribution < -0.4 is 16.2 Å². The number of nitrogens with zero attached hydrogens (tertiary/aromatic N) is 1. The number of aryl methyl sites for hydroxylation is 1. The van der Waals surface area contributed by atoms with Gasteiger partial charge in [-0.3, -0.25) is 14.4 Å². The summed E-state index contributed by atoms with van der Waals surface area (Å²) in [7, 11) is 0. The van der Waals surface area contributed by atoms with Crippen molar-refractivity contribution in [3.8, 4) is 0 Å². The van der Waals surface area contributed by atoms with E-state index in [4.69, 9.17) is 14.6 Å². The largest absolute Gasteiger partial charge is 0.481 e. The average molecular weight is 463 g/mol. The zero-order chi connectivity index (χ0) is 22.8. The Labute approximate surface area is 190 Å². The summed E-state index contributed by atoms with van der Waals surface area (Å²) in [6.45, 7) is 5.79. The lowest BCUT2D eigenvalue weighted by Crippen LogP contribution is -2.50. The molecular formula is C22H30N4O5S. The maximum absolute atomic E-state index is 13.1. The standard InChI is InChI=1S/C20H26N4O3S.C2H4O2/c1-10-16-18(25)22-9-23-20(16)28-17(10)19(26)24-14-4-12-6-21-7-13(12)5-15(14)27-8-11-2-3-11;1-2(3)4/h9,11-15,21H,2-8H2,1H3,(H,24,26)(H,22,23,25);1H3,(H,3,4)/t12-,13+,14-,15-;/m0./s1. The summed E-state index contributed by atoms with van der Waals surface area (Å²) in [4.78, 5) is 42.2. The van der Waals surface area contributed by atoms with Crippen molar-refractivity contribution in [1.29, 1.82) is 0 Å². The van der Waals surface area contributed by atoms with Crippen LogP contribution in [-0.2, 0) is 9.53 Å². The zero-order valence-electron chi connectivity index (χ0n) is 18.3. The second-order valence-electron chi connectivity index (χ2n) is 9.03. The van der Waals surface area contributed by atoms with Crippen LogP contribution in [0.2, 0.25) is 0 Å². The molecule has 4 N–H and O–H groups in total. The molecule has 4 atom stereocenters. The quantitative estimate of drug-likeness (QED) is 0.533. The van der Waals surface area contributed by atoms with Crippen molar-refractivity contribution >= 4 is 33.4 Å². The monoisotopic (exact) mass is 462 g/mol. The van der Waals surface area contributed by atoms with E-state index in [-0.39, 0.29) is 23.6 Å². The van der Waals surface area contributed by atoms with E-state index >= 15 is 0 Å². The predicted molar refractivity (Wildman–Crippen MR) is 121 cm³/mol. The van der Waals surface area contributed by atoms with Gasteiger partial charge < -0.3 is 25.5 Å². The van der Waals surface area contributed by atoms with E-state index in [0.717, 1.165) is 39.5 Å². The van der Waals surface area contributed by atoms with Crippen molar-refractivity contribution in [2.75, 3.05) is 19.7 Å². The number of hydrogen-bond donors (Lipinski definition) is 4. The molecule has 0 spiro atoms. The van der Waals surface area contributed by atoms with Gasteiger partial charge >= 0.3 is 0 Å². The van der Waals surface area contributed by atoms with E-state index in [0.29, 0.717) is 38.4 Å². The molecule has 0 aromatic carbocycles. The Morgan fingerprint density at radius 3 is 2.62 bits per heavy atom. The van der Waals surface area contributed by atoms with Gasteiger partial charge in [0.05, 0.1) is 28.7 Å². The average Bonchev–Trinajstić information content (AvgIpc) is 3.34. The first-order chi connectivity index (χ1) is 15.3. The lowest BCUT2D eigenvalue weighted by Gasteiger charge is -2.38. The number of thiophene rings is 1. The SMILES string of the molecule is CC(=O)O.Cc1c(C(=O)N[C@H]2C[C@H]3CNC[C@H]3C[C@@H]2OCC2CC2)sc2nc[nH]c(=O)c12. The highest BCUT2D eigenvalue weighted by atomic mass is 32.1. The molecule has 3 aliphatic rings. The summed E-state index contributed by atoms with van der Waals surface area (Å²) < 4.78 is 6.27. The van der Waals surface area contributed by atoms with Crippen LogP contribution in [0.5, 0.6) is 0 Å². The van der Waals surface area contributed by atoms with E-state index < -0.39 is 5.97 Å². The van der Waals surface area contributed by atoms with E-state index in [2.05, 4.69) is 20.6 Å². The molecule has 1 aliphatic heterocycles. The third-order valence-electron chi connectivity index (χ3n) is 6.52. The summed E-state index contributed by atoms with van der Waals surface area (Å²) in [5, 5.41) is 14.7. The number of hydrogen-bond acceptors (Lipinski definition) is 7. The maximum Gasteiger partial charge on any atom is 0.300 e. The van der Waals surface area contributed by atoms with Crippen LogP contribution in [0.4, 0.5) is 0 Å². The highest BCUT2D eigenvalue weighted by Gasteiger charge is 2.41. The van der Waals surface area contributed by atoms with Crippen molar-refractivity contribution in [2.24, 2.45) is 17.8 Å². The van der Waals surface area contributed by atoms with Crippen molar-refractivity contribution in [3.05, 3.63) is 27.1 Å². The number of aromatic nitrogens is 2. The Hall–Kier alpha value is -2.30. The number of carbonyl (C=O) groups excluding carboxylic acids is 1. The smallest absolute Gasteiger partial charge is 0.300 e. The summed E-state index contributed by atoms with van der Waals surface area (Å²) in [6.07, 6.45) is 5.93. The van der Waals surface area contributed by atoms with Gasteiger partial charge in [0, 0.05) is 13.5 Å². The lowest BCUT2D eigenvalue weighted by molar-refractivity contribution is -0.134. The number of fused-ring (bicyclic) bond motifs is 2. The highest BCUT2D eigenvalue weighted by Crippen LogP contribution is 2.37. The van der Waals surface area contributed by atoms with E-state index in [1.54, 1.807) is 0 Å². The number of carboxylic acid groups (broad SMARTS) is 1. The molecule has 174 valence electrons. The number of nitrogens with one attached hydrogen (secondary N) is 3. The number of rotatable bonds is 5. The van der Waals surface area contributed by atoms with Gasteiger partial charge in [0.2, 0.25) is 0 Å². The Balaban J connectivity index is 0.000000567. The van der Waals surface area contributed by atoms with Gasteiger partial charge in [-0.25, -0.2) is 4.98 Å². The molecule has 3 heterocycles. The highest BCUT2D eigenvalue weighted by molar-refractivity contribution is 7.20. The molecule has 1 saturated heterocycles. The maximum atomic E-state index is 13.1. The van der Waals surface area contributed by atoms with Crippen LogP contribution in [0.3, 0.4) is 0 Å². The normalized spacial score (nSPS) is 26.8. The fourth-order valence-corrected chi connectivity index (χ4v) is 5.74. The number of H-pyrrole nitrogens is 1. The minimum absolute atomic E-state index is 0.0169. The van der Waals surface area contributed by atoms with Crippen LogP contribution in [0, 0.1) is 24.7 Å². The molecule has 2 aromatic heterocycles. The molecule has 0 bridgehead atoms. The van der Waals surface area contributed by atoms with Crippen molar-refractivity contribution < 1.29 is 19.4 Å². The molecule has 9 nitrogen and oxygen atoms in total. The number of ether oxygens (including phenoxy) is 1. The molecule has 3 fully saturated rings. The van der Waals surface area contributed by atoms with Crippen LogP contribution in [-0.4, -0.2) is 58.8 Å². The minimum Gasteiger partial charge on any atom is -0.481 e. The first-order valence-corrected chi connectivity index (χ1v) is 11.9. The van der Waals surface area contributed by atoms with Crippen LogP contribution in [0.15, 0.2) is 11.1 Å². The topological polar surface area (TPSA) is 133 Å². The van der Waals surface area contributed by atoms with Gasteiger partial charge in [-0.15, -0.1) is 11.3 Å². The molecule has 10 heteroatoms. The van der Waals surface area contributed by atoms with E-state index in [1.807, 2.05) is 6.92 Å². The first-order valence-electron chi connectivity index (χ1n) is 11.1. The second-order valence-corrected chi connectivity index (χ2v) is 10.0. The Bertz CT molecular complexity index is 1040. The third kappa shape index (κ3) is 5.19. The number of aliphatic carboxylic acids is 1. The van der Waals surface area contributed by atoms with Crippen LogP contribution in [0.25, 0.3) is 10.2 Å². The fraction of sp³-hybridized carbons (Fsp3) is 0.636. The van der Waals surface area contributed by atoms with Crippen molar-refractivity contribution in [1.82, 2.24) is 20.6 Å². The predicted octanol–water partition coefficient (Wildman–Crippen LogP) is 1.91. The number of aromatic amines is 1. The molecule has 1 amide bonds. The van der Waals surface area contributed by atoms with Gasteiger partial charge in [0.25, 0.3) is 17.4 Å². The lowest BCUT2D eigenvalue weighted by atomic mass is 9.77.